The van der Waals surface area contributed by atoms with Gasteiger partial charge in [-0.1, -0.05) is 37.3 Å². The van der Waals surface area contributed by atoms with Crippen LogP contribution in [-0.2, 0) is 10.0 Å². The third-order valence-corrected chi connectivity index (χ3v) is 4.59. The molecule has 0 saturated heterocycles. The van der Waals surface area contributed by atoms with E-state index in [1.807, 2.05) is 6.07 Å². The van der Waals surface area contributed by atoms with Crippen molar-refractivity contribution in [2.75, 3.05) is 18.2 Å². The van der Waals surface area contributed by atoms with Gasteiger partial charge in [-0.25, -0.2) is 13.1 Å². The van der Waals surface area contributed by atoms with Gasteiger partial charge in [-0.2, -0.15) is 0 Å². The molecule has 2 unspecified atom stereocenters. The molecule has 102 valence electrons. The zero-order valence-corrected chi connectivity index (χ0v) is 11.8. The maximum atomic E-state index is 11.7. The lowest BCUT2D eigenvalue weighted by atomic mass is 10.1. The molecule has 0 saturated carbocycles. The molecule has 0 spiro atoms. The predicted octanol–water partition coefficient (Wildman–Crippen LogP) is 1.51. The molecule has 0 aliphatic rings. The number of benzene rings is 1. The van der Waals surface area contributed by atoms with E-state index in [4.69, 9.17) is 11.6 Å². The van der Waals surface area contributed by atoms with E-state index in [0.717, 1.165) is 0 Å². The molecule has 2 atom stereocenters. The van der Waals surface area contributed by atoms with E-state index < -0.39 is 16.1 Å². The third-order valence-electron chi connectivity index (χ3n) is 2.45. The largest absolute Gasteiger partial charge is 0.387 e. The molecule has 0 fully saturated rings. The normalized spacial score (nSPS) is 15.3. The fourth-order valence-corrected chi connectivity index (χ4v) is 3.11. The molecule has 0 aliphatic heterocycles. The maximum absolute atomic E-state index is 11.7. The highest BCUT2D eigenvalue weighted by Gasteiger charge is 2.17. The molecule has 0 amide bonds. The highest BCUT2D eigenvalue weighted by molar-refractivity contribution is 7.89. The Morgan fingerprint density at radius 2 is 1.94 bits per heavy atom. The van der Waals surface area contributed by atoms with Gasteiger partial charge in [0.05, 0.1) is 11.9 Å². The Hall–Kier alpha value is -0.620. The van der Waals surface area contributed by atoms with Gasteiger partial charge in [0.1, 0.15) is 0 Å². The molecule has 6 heteroatoms. The first-order chi connectivity index (χ1) is 8.44. The van der Waals surface area contributed by atoms with Crippen molar-refractivity contribution in [2.45, 2.75) is 13.0 Å². The lowest BCUT2D eigenvalue weighted by Gasteiger charge is -2.14. The molecule has 1 aromatic rings. The summed E-state index contributed by atoms with van der Waals surface area (Å²) < 4.78 is 25.7. The highest BCUT2D eigenvalue weighted by Crippen LogP contribution is 2.11. The number of rotatable bonds is 7. The molecular formula is C12H18ClNO3S. The lowest BCUT2D eigenvalue weighted by molar-refractivity contribution is 0.182. The van der Waals surface area contributed by atoms with Crippen molar-refractivity contribution in [3.63, 3.8) is 0 Å². The van der Waals surface area contributed by atoms with Gasteiger partial charge in [0, 0.05) is 12.4 Å². The molecular weight excluding hydrogens is 274 g/mol. The Balaban J connectivity index is 2.50. The molecule has 4 nitrogen and oxygen atoms in total. The molecule has 0 radical (unpaired) electrons. The maximum Gasteiger partial charge on any atom is 0.211 e. The SMILES string of the molecule is CC(CCl)CS(=O)(=O)NCC(O)c1ccccc1. The van der Waals surface area contributed by atoms with Gasteiger partial charge >= 0.3 is 0 Å². The van der Waals surface area contributed by atoms with E-state index in [1.165, 1.54) is 0 Å². The number of hydrogen-bond donors (Lipinski definition) is 2. The summed E-state index contributed by atoms with van der Waals surface area (Å²) in [4.78, 5) is 0. The summed E-state index contributed by atoms with van der Waals surface area (Å²) in [6.45, 7) is 1.74. The van der Waals surface area contributed by atoms with Crippen LogP contribution in [0.25, 0.3) is 0 Å². The van der Waals surface area contributed by atoms with Crippen LogP contribution in [0.5, 0.6) is 0 Å². The van der Waals surface area contributed by atoms with Crippen LogP contribution in [0.4, 0.5) is 0 Å². The molecule has 0 bridgehead atoms. The van der Waals surface area contributed by atoms with Crippen molar-refractivity contribution in [2.24, 2.45) is 5.92 Å². The molecule has 0 heterocycles. The lowest BCUT2D eigenvalue weighted by Crippen LogP contribution is -2.32. The first kappa shape index (κ1) is 15.4. The van der Waals surface area contributed by atoms with Crippen molar-refractivity contribution in [1.82, 2.24) is 4.72 Å². The number of aliphatic hydroxyl groups excluding tert-OH is 1. The zero-order valence-electron chi connectivity index (χ0n) is 10.2. The van der Waals surface area contributed by atoms with E-state index in [-0.39, 0.29) is 18.2 Å². The third kappa shape index (κ3) is 5.35. The molecule has 18 heavy (non-hydrogen) atoms. The summed E-state index contributed by atoms with van der Waals surface area (Å²) in [5.74, 6) is 0.151. The Morgan fingerprint density at radius 3 is 2.50 bits per heavy atom. The number of alkyl halides is 1. The van der Waals surface area contributed by atoms with Gasteiger partial charge in [-0.05, 0) is 11.5 Å². The van der Waals surface area contributed by atoms with E-state index in [0.29, 0.717) is 11.4 Å². The summed E-state index contributed by atoms with van der Waals surface area (Å²) >= 11 is 5.58. The first-order valence-corrected chi connectivity index (χ1v) is 7.89. The van der Waals surface area contributed by atoms with Gasteiger partial charge in [0.15, 0.2) is 0 Å². The molecule has 0 aromatic heterocycles. The minimum atomic E-state index is -3.39. The van der Waals surface area contributed by atoms with E-state index >= 15 is 0 Å². The van der Waals surface area contributed by atoms with Crippen LogP contribution in [0.2, 0.25) is 0 Å². The van der Waals surface area contributed by atoms with Crippen LogP contribution in [0, 0.1) is 5.92 Å². The van der Waals surface area contributed by atoms with Crippen LogP contribution in [0.1, 0.15) is 18.6 Å². The molecule has 2 N–H and O–H groups in total. The van der Waals surface area contributed by atoms with Gasteiger partial charge in [0.2, 0.25) is 10.0 Å². The van der Waals surface area contributed by atoms with Crippen molar-refractivity contribution < 1.29 is 13.5 Å². The van der Waals surface area contributed by atoms with E-state index in [2.05, 4.69) is 4.72 Å². The average Bonchev–Trinajstić information content (AvgIpc) is 2.36. The first-order valence-electron chi connectivity index (χ1n) is 5.71. The molecule has 1 rings (SSSR count). The quantitative estimate of drug-likeness (QED) is 0.749. The standard InChI is InChI=1S/C12H18ClNO3S/c1-10(7-13)9-18(16,17)14-8-12(15)11-5-3-2-4-6-11/h2-6,10,12,14-15H,7-9H2,1H3. The second-order valence-corrected chi connectivity index (χ2v) is 6.48. The second kappa shape index (κ2) is 7.09. The number of halogens is 1. The van der Waals surface area contributed by atoms with Crippen LogP contribution in [0.3, 0.4) is 0 Å². The Kier molecular flexibility index (Phi) is 6.08. The number of hydrogen-bond acceptors (Lipinski definition) is 3. The monoisotopic (exact) mass is 291 g/mol. The fraction of sp³-hybridized carbons (Fsp3) is 0.500. The smallest absolute Gasteiger partial charge is 0.211 e. The van der Waals surface area contributed by atoms with Crippen LogP contribution in [-0.4, -0.2) is 31.7 Å². The predicted molar refractivity (Wildman–Crippen MR) is 73.1 cm³/mol. The summed E-state index contributed by atoms with van der Waals surface area (Å²) in [5, 5.41) is 9.82. The molecule has 0 aliphatic carbocycles. The minimum Gasteiger partial charge on any atom is -0.387 e. The molecule has 1 aromatic carbocycles. The highest BCUT2D eigenvalue weighted by atomic mass is 35.5. The Labute approximate surface area is 113 Å². The Bertz CT molecular complexity index is 450. The second-order valence-electron chi connectivity index (χ2n) is 4.32. The van der Waals surface area contributed by atoms with E-state index in [9.17, 15) is 13.5 Å². The van der Waals surface area contributed by atoms with Crippen molar-refractivity contribution in [1.29, 1.82) is 0 Å². The van der Waals surface area contributed by atoms with Gasteiger partial charge in [-0.3, -0.25) is 0 Å². The summed E-state index contributed by atoms with van der Waals surface area (Å²) in [5.41, 5.74) is 0.686. The van der Waals surface area contributed by atoms with Gasteiger partial charge in [0.25, 0.3) is 0 Å². The van der Waals surface area contributed by atoms with Crippen LogP contribution < -0.4 is 4.72 Å². The van der Waals surface area contributed by atoms with Crippen molar-refractivity contribution in [3.8, 4) is 0 Å². The van der Waals surface area contributed by atoms with Gasteiger partial charge in [-0.15, -0.1) is 11.6 Å². The number of aliphatic hydroxyl groups is 1. The topological polar surface area (TPSA) is 66.4 Å². The van der Waals surface area contributed by atoms with Crippen molar-refractivity contribution >= 4 is 21.6 Å². The number of nitrogens with one attached hydrogen (secondary N) is 1. The van der Waals surface area contributed by atoms with Crippen LogP contribution >= 0.6 is 11.6 Å². The fourth-order valence-electron chi connectivity index (χ4n) is 1.48. The average molecular weight is 292 g/mol. The summed E-state index contributed by atoms with van der Waals surface area (Å²) in [7, 11) is -3.39. The Morgan fingerprint density at radius 1 is 1.33 bits per heavy atom. The number of sulfonamides is 1. The summed E-state index contributed by atoms with van der Waals surface area (Å²) in [6.07, 6.45) is -0.840. The summed E-state index contributed by atoms with van der Waals surface area (Å²) in [6, 6.07) is 8.93. The van der Waals surface area contributed by atoms with E-state index in [1.54, 1.807) is 31.2 Å². The van der Waals surface area contributed by atoms with Crippen molar-refractivity contribution in [3.05, 3.63) is 35.9 Å². The van der Waals surface area contributed by atoms with Gasteiger partial charge < -0.3 is 5.11 Å². The minimum absolute atomic E-state index is 0.0264. The zero-order chi connectivity index (χ0) is 13.6. The van der Waals surface area contributed by atoms with Crippen LogP contribution in [0.15, 0.2) is 30.3 Å².